The molecule has 0 aromatic carbocycles. The van der Waals surface area contributed by atoms with E-state index in [0.29, 0.717) is 32.1 Å². The monoisotopic (exact) mass is 496 g/mol. The smallest absolute Gasteiger partial charge is 0.339 e. The third-order valence-corrected chi connectivity index (χ3v) is 4.65. The van der Waals surface area contributed by atoms with E-state index >= 15 is 0 Å². The van der Waals surface area contributed by atoms with Gasteiger partial charge in [-0.15, -0.1) is 0 Å². The van der Waals surface area contributed by atoms with E-state index in [1.54, 1.807) is 34.6 Å². The molecule has 1 aliphatic carbocycles. The highest BCUT2D eigenvalue weighted by molar-refractivity contribution is 6.22. The number of rotatable bonds is 15. The molecular weight excluding hydrogens is 460 g/mol. The van der Waals surface area contributed by atoms with E-state index in [9.17, 15) is 24.0 Å². The lowest BCUT2D eigenvalue weighted by molar-refractivity contribution is -0.151. The fourth-order valence-electron chi connectivity index (χ4n) is 3.17. The molecule has 0 saturated heterocycles. The Hall–Kier alpha value is -3.17. The van der Waals surface area contributed by atoms with Crippen molar-refractivity contribution in [3.05, 3.63) is 22.3 Å². The summed E-state index contributed by atoms with van der Waals surface area (Å²) in [6, 6.07) is 0. The summed E-state index contributed by atoms with van der Waals surface area (Å²) in [5.74, 6) is -6.86. The standard InChI is InChI=1S/C25H36O10/c1-6-11-31-21(26)16-17(22(27)32-12-7-2)19(24(29)34-14-9-4)20(25(30)35-15-10-5)18(16)23(28)33-13-8-3/h16H,6-15H2,1-5H3. The molecule has 10 heteroatoms. The molecule has 0 fully saturated rings. The molecule has 0 amide bonds. The summed E-state index contributed by atoms with van der Waals surface area (Å²) < 4.78 is 26.1. The summed E-state index contributed by atoms with van der Waals surface area (Å²) in [5, 5.41) is 0. The van der Waals surface area contributed by atoms with Gasteiger partial charge in [0.2, 0.25) is 0 Å². The Kier molecular flexibility index (Phi) is 13.4. The second-order valence-corrected chi connectivity index (χ2v) is 7.72. The fraction of sp³-hybridized carbons (Fsp3) is 0.640. The lowest BCUT2D eigenvalue weighted by atomic mass is 9.94. The van der Waals surface area contributed by atoms with Crippen molar-refractivity contribution >= 4 is 29.8 Å². The maximum Gasteiger partial charge on any atom is 0.339 e. The highest BCUT2D eigenvalue weighted by Gasteiger charge is 2.51. The molecule has 0 radical (unpaired) electrons. The van der Waals surface area contributed by atoms with Gasteiger partial charge in [0, 0.05) is 0 Å². The van der Waals surface area contributed by atoms with Crippen molar-refractivity contribution in [2.75, 3.05) is 33.0 Å². The topological polar surface area (TPSA) is 132 Å². The third-order valence-electron chi connectivity index (χ3n) is 4.65. The highest BCUT2D eigenvalue weighted by Crippen LogP contribution is 2.41. The Bertz CT molecular complexity index is 792. The Labute approximate surface area is 205 Å². The van der Waals surface area contributed by atoms with Gasteiger partial charge >= 0.3 is 29.8 Å². The van der Waals surface area contributed by atoms with Crippen molar-refractivity contribution in [1.82, 2.24) is 0 Å². The molecule has 0 aromatic rings. The van der Waals surface area contributed by atoms with Crippen LogP contribution in [-0.2, 0) is 47.7 Å². The number of carbonyl (C=O) groups is 5. The van der Waals surface area contributed by atoms with E-state index in [4.69, 9.17) is 23.7 Å². The average molecular weight is 497 g/mol. The van der Waals surface area contributed by atoms with Gasteiger partial charge in [-0.25, -0.2) is 19.2 Å². The van der Waals surface area contributed by atoms with E-state index in [1.165, 1.54) is 0 Å². The third kappa shape index (κ3) is 7.93. The van der Waals surface area contributed by atoms with Crippen LogP contribution in [0.25, 0.3) is 0 Å². The average Bonchev–Trinajstić information content (AvgIpc) is 3.22. The van der Waals surface area contributed by atoms with Crippen LogP contribution in [0.5, 0.6) is 0 Å². The maximum absolute atomic E-state index is 13.1. The zero-order valence-corrected chi connectivity index (χ0v) is 21.2. The summed E-state index contributed by atoms with van der Waals surface area (Å²) in [4.78, 5) is 65.6. The summed E-state index contributed by atoms with van der Waals surface area (Å²) in [7, 11) is 0. The quantitative estimate of drug-likeness (QED) is 0.246. The number of ether oxygens (including phenoxy) is 5. The Morgan fingerprint density at radius 2 is 0.771 bits per heavy atom. The molecule has 0 aliphatic heterocycles. The number of hydrogen-bond donors (Lipinski definition) is 0. The molecule has 0 saturated carbocycles. The van der Waals surface area contributed by atoms with Gasteiger partial charge in [0.15, 0.2) is 0 Å². The first-order valence-corrected chi connectivity index (χ1v) is 12.1. The molecule has 0 unspecified atom stereocenters. The minimum Gasteiger partial charge on any atom is -0.465 e. The van der Waals surface area contributed by atoms with Gasteiger partial charge < -0.3 is 23.7 Å². The van der Waals surface area contributed by atoms with Crippen molar-refractivity contribution in [3.8, 4) is 0 Å². The number of esters is 5. The van der Waals surface area contributed by atoms with E-state index < -0.39 is 58.1 Å². The van der Waals surface area contributed by atoms with E-state index in [1.807, 2.05) is 0 Å². The molecule has 196 valence electrons. The van der Waals surface area contributed by atoms with Gasteiger partial charge in [0.05, 0.1) is 55.3 Å². The molecule has 0 heterocycles. The molecule has 0 spiro atoms. The maximum atomic E-state index is 13.1. The second kappa shape index (κ2) is 15.7. The van der Waals surface area contributed by atoms with Gasteiger partial charge in [0.25, 0.3) is 0 Å². The van der Waals surface area contributed by atoms with Crippen LogP contribution < -0.4 is 0 Å². The molecule has 0 aromatic heterocycles. The van der Waals surface area contributed by atoms with Crippen LogP contribution in [0, 0.1) is 5.92 Å². The second-order valence-electron chi connectivity index (χ2n) is 7.72. The van der Waals surface area contributed by atoms with Crippen molar-refractivity contribution < 1.29 is 47.7 Å². The first-order valence-electron chi connectivity index (χ1n) is 12.1. The predicted molar refractivity (Wildman–Crippen MR) is 124 cm³/mol. The Morgan fingerprint density at radius 1 is 0.486 bits per heavy atom. The van der Waals surface area contributed by atoms with Crippen LogP contribution in [0.3, 0.4) is 0 Å². The van der Waals surface area contributed by atoms with Gasteiger partial charge in [0.1, 0.15) is 5.92 Å². The van der Waals surface area contributed by atoms with Crippen molar-refractivity contribution in [3.63, 3.8) is 0 Å². The molecule has 35 heavy (non-hydrogen) atoms. The summed E-state index contributed by atoms with van der Waals surface area (Å²) >= 11 is 0. The van der Waals surface area contributed by atoms with Crippen LogP contribution in [0.4, 0.5) is 0 Å². The van der Waals surface area contributed by atoms with Gasteiger partial charge in [-0.2, -0.15) is 0 Å². The number of hydrogen-bond acceptors (Lipinski definition) is 10. The van der Waals surface area contributed by atoms with Gasteiger partial charge in [-0.1, -0.05) is 34.6 Å². The van der Waals surface area contributed by atoms with Crippen LogP contribution in [-0.4, -0.2) is 62.9 Å². The minimum atomic E-state index is -1.70. The van der Waals surface area contributed by atoms with Crippen molar-refractivity contribution in [1.29, 1.82) is 0 Å². The van der Waals surface area contributed by atoms with E-state index in [-0.39, 0.29) is 33.0 Å². The van der Waals surface area contributed by atoms with Crippen LogP contribution >= 0.6 is 0 Å². The molecule has 0 atom stereocenters. The molecule has 1 aliphatic rings. The molecule has 10 nitrogen and oxygen atoms in total. The lowest BCUT2D eigenvalue weighted by Gasteiger charge is -2.17. The molecule has 1 rings (SSSR count). The predicted octanol–water partition coefficient (Wildman–Crippen LogP) is 2.98. The van der Waals surface area contributed by atoms with E-state index in [0.717, 1.165) is 0 Å². The first-order chi connectivity index (χ1) is 16.8. The Morgan fingerprint density at radius 3 is 1.09 bits per heavy atom. The Balaban J connectivity index is 3.88. The van der Waals surface area contributed by atoms with Gasteiger partial charge in [-0.05, 0) is 32.1 Å². The SMILES string of the molecule is CCCOC(=O)C1=C(C(=O)OCCC)C(C(=O)OCCC)C(C(=O)OCCC)=C1C(=O)OCCC. The summed E-state index contributed by atoms with van der Waals surface area (Å²) in [6.45, 7) is 8.75. The lowest BCUT2D eigenvalue weighted by Crippen LogP contribution is -2.29. The summed E-state index contributed by atoms with van der Waals surface area (Å²) in [6.07, 6.45) is 2.31. The largest absolute Gasteiger partial charge is 0.465 e. The molecule has 0 bridgehead atoms. The van der Waals surface area contributed by atoms with Crippen LogP contribution in [0.15, 0.2) is 22.3 Å². The molecular formula is C25H36O10. The minimum absolute atomic E-state index is 0.00482. The first kappa shape index (κ1) is 29.9. The zero-order valence-electron chi connectivity index (χ0n) is 21.2. The summed E-state index contributed by atoms with van der Waals surface area (Å²) in [5.41, 5.74) is -2.06. The van der Waals surface area contributed by atoms with Crippen molar-refractivity contribution in [2.24, 2.45) is 5.92 Å². The zero-order chi connectivity index (χ0) is 26.4. The number of carbonyl (C=O) groups excluding carboxylic acids is 5. The van der Waals surface area contributed by atoms with Crippen LogP contribution in [0.1, 0.15) is 66.7 Å². The van der Waals surface area contributed by atoms with Crippen LogP contribution in [0.2, 0.25) is 0 Å². The fourth-order valence-corrected chi connectivity index (χ4v) is 3.17. The van der Waals surface area contributed by atoms with Gasteiger partial charge in [-0.3, -0.25) is 4.79 Å². The molecule has 0 N–H and O–H groups in total. The highest BCUT2D eigenvalue weighted by atomic mass is 16.6. The van der Waals surface area contributed by atoms with Crippen molar-refractivity contribution in [2.45, 2.75) is 66.7 Å². The normalized spacial score (nSPS) is 13.5. The van der Waals surface area contributed by atoms with E-state index in [2.05, 4.69) is 0 Å².